The second-order valence-corrected chi connectivity index (χ2v) is 7.80. The SMILES string of the molecule is Cn1cc(S(=O)(=O)Nc2nc3ccccc3nc2Nc2ccc(F)c(F)c2)cn1. The molecular weight excluding hydrogens is 402 g/mol. The van der Waals surface area contributed by atoms with Crippen molar-refractivity contribution in [3.05, 3.63) is 66.5 Å². The van der Waals surface area contributed by atoms with E-state index in [0.717, 1.165) is 12.1 Å². The smallest absolute Gasteiger partial charge is 0.266 e. The van der Waals surface area contributed by atoms with E-state index in [4.69, 9.17) is 0 Å². The molecule has 0 amide bonds. The van der Waals surface area contributed by atoms with E-state index in [1.54, 1.807) is 31.3 Å². The second kappa shape index (κ2) is 7.09. The Balaban J connectivity index is 1.78. The van der Waals surface area contributed by atoms with Crippen molar-refractivity contribution in [3.63, 3.8) is 0 Å². The average molecular weight is 416 g/mol. The Hall–Kier alpha value is -3.60. The second-order valence-electron chi connectivity index (χ2n) is 6.12. The minimum absolute atomic E-state index is 0.0298. The molecule has 2 aromatic carbocycles. The van der Waals surface area contributed by atoms with Crippen molar-refractivity contribution in [1.29, 1.82) is 0 Å². The molecule has 0 aliphatic carbocycles. The summed E-state index contributed by atoms with van der Waals surface area (Å²) in [7, 11) is -2.41. The van der Waals surface area contributed by atoms with Gasteiger partial charge in [-0.05, 0) is 24.3 Å². The summed E-state index contributed by atoms with van der Waals surface area (Å²) in [5, 5.41) is 6.64. The molecular formula is C18H14F2N6O2S. The summed E-state index contributed by atoms with van der Waals surface area (Å²) in [4.78, 5) is 8.63. The highest BCUT2D eigenvalue weighted by Gasteiger charge is 2.20. The molecule has 4 rings (SSSR count). The third kappa shape index (κ3) is 3.85. The van der Waals surface area contributed by atoms with Crippen LogP contribution in [0.3, 0.4) is 0 Å². The number of sulfonamides is 1. The first-order valence-corrected chi connectivity index (χ1v) is 9.80. The number of rotatable bonds is 5. The fraction of sp³-hybridized carbons (Fsp3) is 0.0556. The number of hydrogen-bond acceptors (Lipinski definition) is 6. The summed E-state index contributed by atoms with van der Waals surface area (Å²) < 4.78 is 55.9. The third-order valence-electron chi connectivity index (χ3n) is 3.98. The third-order valence-corrected chi connectivity index (χ3v) is 5.27. The van der Waals surface area contributed by atoms with Gasteiger partial charge in [-0.2, -0.15) is 5.10 Å². The van der Waals surface area contributed by atoms with E-state index in [9.17, 15) is 17.2 Å². The molecule has 0 saturated heterocycles. The van der Waals surface area contributed by atoms with E-state index >= 15 is 0 Å². The average Bonchev–Trinajstić information content (AvgIpc) is 3.12. The minimum Gasteiger partial charge on any atom is -0.337 e. The minimum atomic E-state index is -4.00. The number of anilines is 3. The van der Waals surface area contributed by atoms with Crippen molar-refractivity contribution in [1.82, 2.24) is 19.7 Å². The lowest BCUT2D eigenvalue weighted by atomic mass is 10.3. The van der Waals surface area contributed by atoms with Crippen LogP contribution in [-0.2, 0) is 17.1 Å². The van der Waals surface area contributed by atoms with Gasteiger partial charge in [0.2, 0.25) is 0 Å². The van der Waals surface area contributed by atoms with Crippen LogP contribution in [0.4, 0.5) is 26.1 Å². The molecule has 2 N–H and O–H groups in total. The number of para-hydroxylation sites is 2. The van der Waals surface area contributed by atoms with Crippen LogP contribution < -0.4 is 10.0 Å². The Kier molecular flexibility index (Phi) is 4.59. The van der Waals surface area contributed by atoms with Gasteiger partial charge >= 0.3 is 0 Å². The summed E-state index contributed by atoms with van der Waals surface area (Å²) >= 11 is 0. The molecule has 4 aromatic rings. The highest BCUT2D eigenvalue weighted by Crippen LogP contribution is 2.27. The first-order chi connectivity index (χ1) is 13.8. The fourth-order valence-electron chi connectivity index (χ4n) is 2.59. The van der Waals surface area contributed by atoms with Crippen LogP contribution in [0.15, 0.2) is 59.8 Å². The zero-order valence-electron chi connectivity index (χ0n) is 15.0. The molecule has 0 fully saturated rings. The van der Waals surface area contributed by atoms with Gasteiger partial charge in [-0.3, -0.25) is 9.40 Å². The molecule has 11 heteroatoms. The van der Waals surface area contributed by atoms with Gasteiger partial charge in [0.15, 0.2) is 23.3 Å². The normalized spacial score (nSPS) is 11.6. The molecule has 29 heavy (non-hydrogen) atoms. The lowest BCUT2D eigenvalue weighted by Crippen LogP contribution is -2.15. The highest BCUT2D eigenvalue weighted by atomic mass is 32.2. The van der Waals surface area contributed by atoms with Gasteiger partial charge in [0.1, 0.15) is 4.90 Å². The predicted molar refractivity (Wildman–Crippen MR) is 103 cm³/mol. The Morgan fingerprint density at radius 3 is 2.28 bits per heavy atom. The maximum absolute atomic E-state index is 13.6. The molecule has 0 aliphatic rings. The van der Waals surface area contributed by atoms with Crippen LogP contribution in [0, 0.1) is 11.6 Å². The predicted octanol–water partition coefficient (Wildman–Crippen LogP) is 3.19. The summed E-state index contributed by atoms with van der Waals surface area (Å²) in [5.41, 5.74) is 1.12. The van der Waals surface area contributed by atoms with Crippen molar-refractivity contribution in [2.24, 2.45) is 7.05 Å². The van der Waals surface area contributed by atoms with Crippen molar-refractivity contribution in [3.8, 4) is 0 Å². The number of aromatic nitrogens is 4. The van der Waals surface area contributed by atoms with E-state index < -0.39 is 21.7 Å². The summed E-state index contributed by atoms with van der Waals surface area (Å²) in [6.45, 7) is 0. The van der Waals surface area contributed by atoms with Crippen molar-refractivity contribution in [2.75, 3.05) is 10.0 Å². The van der Waals surface area contributed by atoms with E-state index in [1.165, 1.54) is 23.1 Å². The first-order valence-electron chi connectivity index (χ1n) is 8.32. The maximum atomic E-state index is 13.6. The summed E-state index contributed by atoms with van der Waals surface area (Å²) in [6.07, 6.45) is 2.53. The van der Waals surface area contributed by atoms with Crippen LogP contribution in [0.5, 0.6) is 0 Å². The number of nitrogens with one attached hydrogen (secondary N) is 2. The molecule has 0 atom stereocenters. The van der Waals surface area contributed by atoms with Gasteiger partial charge in [0.05, 0.1) is 17.2 Å². The molecule has 0 radical (unpaired) electrons. The van der Waals surface area contributed by atoms with Crippen LogP contribution in [0.2, 0.25) is 0 Å². The van der Waals surface area contributed by atoms with Crippen molar-refractivity contribution >= 4 is 38.4 Å². The molecule has 0 bridgehead atoms. The number of aryl methyl sites for hydroxylation is 1. The molecule has 0 aliphatic heterocycles. The van der Waals surface area contributed by atoms with Crippen LogP contribution in [-0.4, -0.2) is 28.2 Å². The molecule has 8 nitrogen and oxygen atoms in total. The van der Waals surface area contributed by atoms with E-state index in [-0.39, 0.29) is 22.2 Å². The Morgan fingerprint density at radius 2 is 1.66 bits per heavy atom. The van der Waals surface area contributed by atoms with Gasteiger partial charge in [0, 0.05) is 25.0 Å². The standard InChI is InChI=1S/C18H14F2N6O2S/c1-26-10-12(9-21-26)29(27,28)25-18-17(22-11-6-7-13(19)14(20)8-11)23-15-4-2-3-5-16(15)24-18/h2-10H,1H3,(H,22,23)(H,24,25). The summed E-state index contributed by atoms with van der Waals surface area (Å²) in [5.74, 6) is -2.13. The monoisotopic (exact) mass is 416 g/mol. The number of benzene rings is 2. The summed E-state index contributed by atoms with van der Waals surface area (Å²) in [6, 6.07) is 10.0. The number of hydrogen-bond donors (Lipinski definition) is 2. The maximum Gasteiger partial charge on any atom is 0.266 e. The van der Waals surface area contributed by atoms with E-state index in [2.05, 4.69) is 25.1 Å². The molecule has 2 aromatic heterocycles. The fourth-order valence-corrected chi connectivity index (χ4v) is 3.58. The van der Waals surface area contributed by atoms with Gasteiger partial charge in [-0.1, -0.05) is 12.1 Å². The topological polar surface area (TPSA) is 102 Å². The Labute approximate surface area is 164 Å². The molecule has 148 valence electrons. The zero-order chi connectivity index (χ0) is 20.6. The van der Waals surface area contributed by atoms with E-state index in [1.807, 2.05) is 0 Å². The highest BCUT2D eigenvalue weighted by molar-refractivity contribution is 7.92. The molecule has 0 spiro atoms. The largest absolute Gasteiger partial charge is 0.337 e. The van der Waals surface area contributed by atoms with E-state index in [0.29, 0.717) is 11.0 Å². The molecule has 0 unspecified atom stereocenters. The van der Waals surface area contributed by atoms with Gasteiger partial charge < -0.3 is 5.32 Å². The zero-order valence-corrected chi connectivity index (χ0v) is 15.8. The van der Waals surface area contributed by atoms with Gasteiger partial charge in [-0.15, -0.1) is 0 Å². The number of nitrogens with zero attached hydrogens (tertiary/aromatic N) is 4. The van der Waals surface area contributed by atoms with Gasteiger partial charge in [-0.25, -0.2) is 27.2 Å². The Bertz CT molecular complexity index is 1320. The Morgan fingerprint density at radius 1 is 0.966 bits per heavy atom. The lowest BCUT2D eigenvalue weighted by molar-refractivity contribution is 0.509. The van der Waals surface area contributed by atoms with Gasteiger partial charge in [0.25, 0.3) is 10.0 Å². The van der Waals surface area contributed by atoms with Crippen LogP contribution in [0.25, 0.3) is 11.0 Å². The lowest BCUT2D eigenvalue weighted by Gasteiger charge is -2.13. The first kappa shape index (κ1) is 18.7. The van der Waals surface area contributed by atoms with Crippen molar-refractivity contribution in [2.45, 2.75) is 4.90 Å². The molecule has 2 heterocycles. The number of fused-ring (bicyclic) bond motifs is 1. The van der Waals surface area contributed by atoms with Crippen molar-refractivity contribution < 1.29 is 17.2 Å². The van der Waals surface area contributed by atoms with Crippen LogP contribution >= 0.6 is 0 Å². The molecule has 0 saturated carbocycles. The van der Waals surface area contributed by atoms with Crippen LogP contribution in [0.1, 0.15) is 0 Å². The number of halogens is 2. The quantitative estimate of drug-likeness (QED) is 0.518.